The number of hydrogen-bond acceptors (Lipinski definition) is 5. The maximum Gasteiger partial charge on any atom is 0.257 e. The zero-order valence-electron chi connectivity index (χ0n) is 13.9. The highest BCUT2D eigenvalue weighted by molar-refractivity contribution is 7.80. The summed E-state index contributed by atoms with van der Waals surface area (Å²) in [7, 11) is 0. The minimum Gasteiger partial charge on any atom is -0.332 e. The van der Waals surface area contributed by atoms with Crippen molar-refractivity contribution in [2.45, 2.75) is 13.3 Å². The normalized spacial score (nSPS) is 10.3. The lowest BCUT2D eigenvalue weighted by Gasteiger charge is -2.09. The number of rotatable bonds is 4. The van der Waals surface area contributed by atoms with Gasteiger partial charge in [-0.05, 0) is 42.5 Å². The van der Waals surface area contributed by atoms with Crippen molar-refractivity contribution in [1.82, 2.24) is 10.3 Å². The number of thiazole rings is 1. The van der Waals surface area contributed by atoms with Crippen LogP contribution in [0.4, 0.5) is 10.8 Å². The summed E-state index contributed by atoms with van der Waals surface area (Å²) in [5.74, 6) is -0.348. The Balaban J connectivity index is 1.67. The van der Waals surface area contributed by atoms with Gasteiger partial charge in [0.05, 0.1) is 10.2 Å². The summed E-state index contributed by atoms with van der Waals surface area (Å²) in [4.78, 5) is 27.9. The van der Waals surface area contributed by atoms with Crippen molar-refractivity contribution >= 4 is 61.5 Å². The fourth-order valence-corrected chi connectivity index (χ4v) is 3.32. The molecule has 132 valence electrons. The Morgan fingerprint density at radius 2 is 1.88 bits per heavy atom. The maximum absolute atomic E-state index is 12.1. The molecule has 3 aromatic rings. The van der Waals surface area contributed by atoms with E-state index in [4.69, 9.17) is 12.2 Å². The van der Waals surface area contributed by atoms with Crippen LogP contribution in [-0.2, 0) is 4.79 Å². The molecular weight excluding hydrogens is 368 g/mol. The van der Waals surface area contributed by atoms with Gasteiger partial charge in [-0.15, -0.1) is 0 Å². The summed E-state index contributed by atoms with van der Waals surface area (Å²) in [5, 5.41) is 9.15. The minimum absolute atomic E-state index is 0.0767. The molecule has 0 aliphatic rings. The molecule has 1 aromatic heterocycles. The average Bonchev–Trinajstić information content (AvgIpc) is 3.03. The van der Waals surface area contributed by atoms with Crippen molar-refractivity contribution < 1.29 is 9.59 Å². The van der Waals surface area contributed by atoms with Crippen molar-refractivity contribution in [3.63, 3.8) is 0 Å². The van der Waals surface area contributed by atoms with Gasteiger partial charge in [0.1, 0.15) is 0 Å². The monoisotopic (exact) mass is 384 g/mol. The lowest BCUT2D eigenvalue weighted by Crippen LogP contribution is -2.34. The molecule has 3 N–H and O–H groups in total. The minimum atomic E-state index is -0.272. The van der Waals surface area contributed by atoms with Gasteiger partial charge in [-0.3, -0.25) is 14.9 Å². The number of carbonyl (C=O) groups excluding carboxylic acids is 2. The molecule has 0 spiro atoms. The number of benzene rings is 2. The number of fused-ring (bicyclic) bond motifs is 1. The maximum atomic E-state index is 12.1. The second-order valence-corrected chi connectivity index (χ2v) is 6.82. The molecule has 0 aliphatic heterocycles. The third kappa shape index (κ3) is 4.41. The lowest BCUT2D eigenvalue weighted by molar-refractivity contribution is -0.115. The molecule has 0 saturated carbocycles. The van der Waals surface area contributed by atoms with Gasteiger partial charge in [0, 0.05) is 17.7 Å². The zero-order valence-corrected chi connectivity index (χ0v) is 15.5. The first-order chi connectivity index (χ1) is 12.5. The molecule has 3 rings (SSSR count). The van der Waals surface area contributed by atoms with Crippen LogP contribution < -0.4 is 16.0 Å². The van der Waals surface area contributed by atoms with Gasteiger partial charge < -0.3 is 10.6 Å². The number of nitrogens with one attached hydrogen (secondary N) is 3. The van der Waals surface area contributed by atoms with Crippen LogP contribution in [-0.4, -0.2) is 21.9 Å². The first-order valence-electron chi connectivity index (χ1n) is 7.93. The molecule has 0 saturated heterocycles. The van der Waals surface area contributed by atoms with E-state index in [0.29, 0.717) is 17.1 Å². The van der Waals surface area contributed by atoms with Gasteiger partial charge in [0.2, 0.25) is 5.91 Å². The summed E-state index contributed by atoms with van der Waals surface area (Å²) in [6.45, 7) is 1.79. The first kappa shape index (κ1) is 18.0. The Labute approximate surface area is 159 Å². The quantitative estimate of drug-likeness (QED) is 0.597. The molecule has 0 radical (unpaired) electrons. The summed E-state index contributed by atoms with van der Waals surface area (Å²) in [6.07, 6.45) is 0.401. The van der Waals surface area contributed by atoms with E-state index in [1.807, 2.05) is 24.3 Å². The summed E-state index contributed by atoms with van der Waals surface area (Å²) in [6, 6.07) is 14.4. The van der Waals surface area contributed by atoms with Gasteiger partial charge in [0.25, 0.3) is 5.91 Å². The Kier molecular flexibility index (Phi) is 5.55. The van der Waals surface area contributed by atoms with Crippen LogP contribution in [0.2, 0.25) is 0 Å². The van der Waals surface area contributed by atoms with Crippen LogP contribution in [0.3, 0.4) is 0 Å². The van der Waals surface area contributed by atoms with Gasteiger partial charge in [-0.2, -0.15) is 0 Å². The Morgan fingerprint density at radius 3 is 2.62 bits per heavy atom. The highest BCUT2D eigenvalue weighted by Crippen LogP contribution is 2.28. The number of thiocarbonyl (C=S) groups is 1. The van der Waals surface area contributed by atoms with Crippen molar-refractivity contribution in [2.24, 2.45) is 0 Å². The Bertz CT molecular complexity index is 970. The van der Waals surface area contributed by atoms with Crippen LogP contribution in [0.5, 0.6) is 0 Å². The second-order valence-electron chi connectivity index (χ2n) is 5.38. The molecule has 0 atom stereocenters. The van der Waals surface area contributed by atoms with E-state index in [2.05, 4.69) is 20.9 Å². The second kappa shape index (κ2) is 8.03. The van der Waals surface area contributed by atoms with Gasteiger partial charge in [0.15, 0.2) is 10.2 Å². The average molecular weight is 384 g/mol. The fraction of sp³-hybridized carbons (Fsp3) is 0.111. The molecular formula is C18H16N4O2S2. The third-order valence-electron chi connectivity index (χ3n) is 3.48. The SMILES string of the molecule is CCC(=O)Nc1nc2ccc(NC(=S)NC(=O)c3ccccc3)cc2s1. The number of hydrogen-bond donors (Lipinski definition) is 3. The van der Waals surface area contributed by atoms with E-state index in [1.165, 1.54) is 11.3 Å². The standard InChI is InChI=1S/C18H16N4O2S2/c1-2-15(23)21-18-20-13-9-8-12(10-14(13)26-18)19-17(25)22-16(24)11-6-4-3-5-7-11/h3-10H,2H2,1H3,(H,20,21,23)(H2,19,22,24,25). The Morgan fingerprint density at radius 1 is 1.12 bits per heavy atom. The van der Waals surface area contributed by atoms with Crippen molar-refractivity contribution in [1.29, 1.82) is 0 Å². The van der Waals surface area contributed by atoms with Crippen molar-refractivity contribution in [3.05, 3.63) is 54.1 Å². The topological polar surface area (TPSA) is 83.1 Å². The van der Waals surface area contributed by atoms with E-state index in [0.717, 1.165) is 15.9 Å². The molecule has 2 aromatic carbocycles. The Hall–Kier alpha value is -2.84. The fourth-order valence-electron chi connectivity index (χ4n) is 2.19. The number of amides is 2. The molecule has 0 unspecified atom stereocenters. The highest BCUT2D eigenvalue weighted by atomic mass is 32.1. The summed E-state index contributed by atoms with van der Waals surface area (Å²) in [5.41, 5.74) is 2.05. The van der Waals surface area contributed by atoms with E-state index in [-0.39, 0.29) is 16.9 Å². The number of aromatic nitrogens is 1. The molecule has 1 heterocycles. The van der Waals surface area contributed by atoms with E-state index >= 15 is 0 Å². The first-order valence-corrected chi connectivity index (χ1v) is 9.15. The van der Waals surface area contributed by atoms with Crippen molar-refractivity contribution in [2.75, 3.05) is 10.6 Å². The predicted molar refractivity (Wildman–Crippen MR) is 109 cm³/mol. The molecule has 0 bridgehead atoms. The van der Waals surface area contributed by atoms with Gasteiger partial charge in [-0.25, -0.2) is 4.98 Å². The summed E-state index contributed by atoms with van der Waals surface area (Å²) >= 11 is 6.58. The lowest BCUT2D eigenvalue weighted by atomic mass is 10.2. The molecule has 0 fully saturated rings. The number of carbonyl (C=O) groups is 2. The van der Waals surface area contributed by atoms with Crippen molar-refractivity contribution in [3.8, 4) is 0 Å². The largest absolute Gasteiger partial charge is 0.332 e. The number of anilines is 2. The van der Waals surface area contributed by atoms with Crippen LogP contribution in [0, 0.1) is 0 Å². The molecule has 26 heavy (non-hydrogen) atoms. The van der Waals surface area contributed by atoms with E-state index in [1.54, 1.807) is 31.2 Å². The molecule has 0 aliphatic carbocycles. The van der Waals surface area contributed by atoms with Crippen LogP contribution >= 0.6 is 23.6 Å². The van der Waals surface area contributed by atoms with Gasteiger partial charge in [-0.1, -0.05) is 36.5 Å². The zero-order chi connectivity index (χ0) is 18.5. The predicted octanol–water partition coefficient (Wildman–Crippen LogP) is 3.77. The summed E-state index contributed by atoms with van der Waals surface area (Å²) < 4.78 is 0.901. The van der Waals surface area contributed by atoms with Gasteiger partial charge >= 0.3 is 0 Å². The van der Waals surface area contributed by atoms with Crippen LogP contribution in [0.25, 0.3) is 10.2 Å². The molecule has 6 nitrogen and oxygen atoms in total. The highest BCUT2D eigenvalue weighted by Gasteiger charge is 2.10. The third-order valence-corrected chi connectivity index (χ3v) is 4.61. The van der Waals surface area contributed by atoms with Crippen LogP contribution in [0.15, 0.2) is 48.5 Å². The van der Waals surface area contributed by atoms with E-state index < -0.39 is 0 Å². The molecule has 2 amide bonds. The smallest absolute Gasteiger partial charge is 0.257 e. The number of nitrogens with zero attached hydrogens (tertiary/aromatic N) is 1. The molecule has 8 heteroatoms. The van der Waals surface area contributed by atoms with E-state index in [9.17, 15) is 9.59 Å². The van der Waals surface area contributed by atoms with Crippen LogP contribution in [0.1, 0.15) is 23.7 Å².